The average molecular weight is 366 g/mol. The van der Waals surface area contributed by atoms with E-state index in [4.69, 9.17) is 9.47 Å². The molecule has 1 atom stereocenters. The Hall–Kier alpha value is -3.02. The lowest BCUT2D eigenvalue weighted by atomic mass is 9.95. The highest BCUT2D eigenvalue weighted by Crippen LogP contribution is 2.38. The van der Waals surface area contributed by atoms with Gasteiger partial charge in [-0.05, 0) is 56.7 Å². The molecule has 0 spiro atoms. The molecule has 27 heavy (non-hydrogen) atoms. The van der Waals surface area contributed by atoms with Gasteiger partial charge in [0.25, 0.3) is 0 Å². The predicted molar refractivity (Wildman–Crippen MR) is 101 cm³/mol. The largest absolute Gasteiger partial charge is 0.497 e. The van der Waals surface area contributed by atoms with Crippen LogP contribution in [0.3, 0.4) is 0 Å². The van der Waals surface area contributed by atoms with Crippen LogP contribution in [0.4, 0.5) is 5.69 Å². The highest BCUT2D eigenvalue weighted by atomic mass is 16.6. The molecule has 3 rings (SSSR count). The molecule has 6 heteroatoms. The molecular formula is C21H22N2O4. The fourth-order valence-electron chi connectivity index (χ4n) is 2.93. The first-order valence-electron chi connectivity index (χ1n) is 8.68. The van der Waals surface area contributed by atoms with E-state index in [2.05, 4.69) is 10.2 Å². The number of rotatable bonds is 4. The Morgan fingerprint density at radius 3 is 2.44 bits per heavy atom. The molecule has 2 aromatic carbocycles. The Morgan fingerprint density at radius 1 is 1.11 bits per heavy atom. The molecule has 0 aliphatic heterocycles. The molecule has 0 heterocycles. The number of hydrogen-bond acceptors (Lipinski definition) is 6. The molecule has 2 aromatic rings. The minimum Gasteiger partial charge on any atom is -0.497 e. The van der Waals surface area contributed by atoms with Crippen LogP contribution in [0.2, 0.25) is 0 Å². The van der Waals surface area contributed by atoms with Crippen molar-refractivity contribution in [2.45, 2.75) is 38.3 Å². The summed E-state index contributed by atoms with van der Waals surface area (Å²) in [5.74, 6) is -0.495. The Bertz CT molecular complexity index is 900. The van der Waals surface area contributed by atoms with Crippen LogP contribution in [0, 0.1) is 0 Å². The third kappa shape index (κ3) is 3.74. The molecular weight excluding hydrogens is 344 g/mol. The molecule has 1 aliphatic rings. The molecule has 0 saturated heterocycles. The van der Waals surface area contributed by atoms with Gasteiger partial charge in [0.1, 0.15) is 11.4 Å². The van der Waals surface area contributed by atoms with Gasteiger partial charge >= 0.3 is 5.97 Å². The Kier molecular flexibility index (Phi) is 4.83. The van der Waals surface area contributed by atoms with E-state index in [0.29, 0.717) is 22.6 Å². The monoisotopic (exact) mass is 366 g/mol. The van der Waals surface area contributed by atoms with Gasteiger partial charge in [-0.25, -0.2) is 4.79 Å². The van der Waals surface area contributed by atoms with E-state index in [-0.39, 0.29) is 6.42 Å². The summed E-state index contributed by atoms with van der Waals surface area (Å²) in [6, 6.07) is 14.1. The van der Waals surface area contributed by atoms with Crippen molar-refractivity contribution in [1.82, 2.24) is 0 Å². The van der Waals surface area contributed by atoms with Gasteiger partial charge in [0.2, 0.25) is 11.3 Å². The number of fused-ring (bicyclic) bond motifs is 1. The van der Waals surface area contributed by atoms with Gasteiger partial charge in [0.15, 0.2) is 0 Å². The molecule has 0 unspecified atom stereocenters. The van der Waals surface area contributed by atoms with Crippen molar-refractivity contribution < 1.29 is 19.1 Å². The van der Waals surface area contributed by atoms with Crippen LogP contribution in [-0.4, -0.2) is 30.0 Å². The lowest BCUT2D eigenvalue weighted by Crippen LogP contribution is -2.46. The first kappa shape index (κ1) is 18.8. The zero-order valence-corrected chi connectivity index (χ0v) is 15.9. The Morgan fingerprint density at radius 2 is 1.81 bits per heavy atom. The van der Waals surface area contributed by atoms with Crippen molar-refractivity contribution in [1.29, 1.82) is 0 Å². The van der Waals surface area contributed by atoms with Gasteiger partial charge < -0.3 is 9.47 Å². The first-order valence-corrected chi connectivity index (χ1v) is 8.68. The SMILES string of the molecule is COc1ccc2c(c1)C[C@](N=Nc1ccccc1)(C(=O)OC(C)(C)C)C2=O. The third-order valence-electron chi connectivity index (χ3n) is 4.21. The van der Waals surface area contributed by atoms with Crippen LogP contribution in [0.25, 0.3) is 0 Å². The number of nitrogens with zero attached hydrogens (tertiary/aromatic N) is 2. The molecule has 1 aliphatic carbocycles. The zero-order chi connectivity index (χ0) is 19.7. The number of carbonyl (C=O) groups is 2. The number of esters is 1. The minimum absolute atomic E-state index is 0.0869. The van der Waals surface area contributed by atoms with E-state index in [1.54, 1.807) is 58.2 Å². The molecule has 0 N–H and O–H groups in total. The molecule has 0 radical (unpaired) electrons. The van der Waals surface area contributed by atoms with Gasteiger partial charge in [0, 0.05) is 12.0 Å². The maximum absolute atomic E-state index is 13.2. The van der Waals surface area contributed by atoms with E-state index in [9.17, 15) is 9.59 Å². The van der Waals surface area contributed by atoms with Gasteiger partial charge in [-0.3, -0.25) is 4.79 Å². The predicted octanol–water partition coefficient (Wildman–Crippen LogP) is 4.30. The summed E-state index contributed by atoms with van der Waals surface area (Å²) in [6.07, 6.45) is 0.0869. The molecule has 0 saturated carbocycles. The normalized spacial score (nSPS) is 19.2. The van der Waals surface area contributed by atoms with Crippen molar-refractivity contribution in [2.24, 2.45) is 10.2 Å². The Balaban J connectivity index is 2.05. The maximum Gasteiger partial charge on any atom is 0.345 e. The topological polar surface area (TPSA) is 77.3 Å². The van der Waals surface area contributed by atoms with E-state index < -0.39 is 22.9 Å². The minimum atomic E-state index is -1.72. The highest BCUT2D eigenvalue weighted by molar-refractivity contribution is 6.20. The summed E-state index contributed by atoms with van der Waals surface area (Å²) in [4.78, 5) is 26.2. The molecule has 140 valence electrons. The second-order valence-corrected chi connectivity index (χ2v) is 7.43. The summed E-state index contributed by atoms with van der Waals surface area (Å²) in [6.45, 7) is 5.26. The number of ketones is 1. The molecule has 6 nitrogen and oxygen atoms in total. The van der Waals surface area contributed by atoms with Gasteiger partial charge in [0.05, 0.1) is 12.8 Å². The van der Waals surface area contributed by atoms with Crippen molar-refractivity contribution in [2.75, 3.05) is 7.11 Å². The van der Waals surface area contributed by atoms with Crippen LogP contribution >= 0.6 is 0 Å². The summed E-state index contributed by atoms with van der Waals surface area (Å²) in [5.41, 5.74) is -0.788. The average Bonchev–Trinajstić information content (AvgIpc) is 2.92. The summed E-state index contributed by atoms with van der Waals surface area (Å²) >= 11 is 0. The fourth-order valence-corrected chi connectivity index (χ4v) is 2.93. The molecule has 0 aromatic heterocycles. The summed E-state index contributed by atoms with van der Waals surface area (Å²) in [7, 11) is 1.55. The van der Waals surface area contributed by atoms with Crippen LogP contribution in [0.1, 0.15) is 36.7 Å². The van der Waals surface area contributed by atoms with Crippen molar-refractivity contribution in [3.63, 3.8) is 0 Å². The van der Waals surface area contributed by atoms with E-state index in [1.807, 2.05) is 18.2 Å². The number of hydrogen-bond donors (Lipinski definition) is 0. The van der Waals surface area contributed by atoms with E-state index in [1.165, 1.54) is 0 Å². The number of Topliss-reactive ketones (excluding diaryl/α,β-unsaturated/α-hetero) is 1. The number of ether oxygens (including phenoxy) is 2. The standard InChI is InChI=1S/C21H22N2O4/c1-20(2,3)27-19(25)21(23-22-15-8-6-5-7-9-15)13-14-12-16(26-4)10-11-17(14)18(21)24/h5-12H,13H2,1-4H3/t21-/m1/s1. The number of benzene rings is 2. The number of azo groups is 1. The van der Waals surface area contributed by atoms with E-state index >= 15 is 0 Å². The van der Waals surface area contributed by atoms with Crippen molar-refractivity contribution in [3.8, 4) is 5.75 Å². The zero-order valence-electron chi connectivity index (χ0n) is 15.9. The summed E-state index contributed by atoms with van der Waals surface area (Å²) < 4.78 is 10.8. The maximum atomic E-state index is 13.2. The van der Waals surface area contributed by atoms with Gasteiger partial charge in [-0.2, -0.15) is 10.2 Å². The highest BCUT2D eigenvalue weighted by Gasteiger charge is 2.55. The quantitative estimate of drug-likeness (QED) is 0.459. The van der Waals surface area contributed by atoms with Crippen LogP contribution in [-0.2, 0) is 16.0 Å². The third-order valence-corrected chi connectivity index (χ3v) is 4.21. The molecule has 0 bridgehead atoms. The van der Waals surface area contributed by atoms with Gasteiger partial charge in [-0.15, -0.1) is 0 Å². The lowest BCUT2D eigenvalue weighted by molar-refractivity contribution is -0.159. The van der Waals surface area contributed by atoms with E-state index in [0.717, 1.165) is 0 Å². The number of carbonyl (C=O) groups excluding carboxylic acids is 2. The summed E-state index contributed by atoms with van der Waals surface area (Å²) in [5, 5.41) is 8.38. The second kappa shape index (κ2) is 6.95. The first-order chi connectivity index (χ1) is 12.7. The molecule has 0 amide bonds. The number of methoxy groups -OCH3 is 1. The van der Waals surface area contributed by atoms with Gasteiger partial charge in [-0.1, -0.05) is 18.2 Å². The Labute approximate surface area is 158 Å². The fraction of sp³-hybridized carbons (Fsp3) is 0.333. The van der Waals surface area contributed by atoms with Crippen LogP contribution < -0.4 is 4.74 Å². The van der Waals surface area contributed by atoms with Crippen molar-refractivity contribution >= 4 is 17.4 Å². The smallest absolute Gasteiger partial charge is 0.345 e. The van der Waals surface area contributed by atoms with Crippen molar-refractivity contribution in [3.05, 3.63) is 59.7 Å². The van der Waals surface area contributed by atoms with Crippen LogP contribution in [0.5, 0.6) is 5.75 Å². The lowest BCUT2D eigenvalue weighted by Gasteiger charge is -2.26. The molecule has 0 fully saturated rings. The van der Waals surface area contributed by atoms with Crippen LogP contribution in [0.15, 0.2) is 58.8 Å². The second-order valence-electron chi connectivity index (χ2n) is 7.43.